The summed E-state index contributed by atoms with van der Waals surface area (Å²) in [5.41, 5.74) is 0.123. The van der Waals surface area contributed by atoms with Crippen molar-refractivity contribution in [2.75, 3.05) is 5.32 Å². The molecule has 34 heavy (non-hydrogen) atoms. The summed E-state index contributed by atoms with van der Waals surface area (Å²) in [6, 6.07) is 5.14. The number of nitrogens with zero attached hydrogens (tertiary/aromatic N) is 4. The molecule has 1 saturated carbocycles. The number of hydrogen-bond acceptors (Lipinski definition) is 4. The first-order valence-electron chi connectivity index (χ1n) is 10.5. The molecule has 0 spiro atoms. The summed E-state index contributed by atoms with van der Waals surface area (Å²) >= 11 is 0. The van der Waals surface area contributed by atoms with Gasteiger partial charge in [0.25, 0.3) is 5.78 Å². The molecule has 0 bridgehead atoms. The quantitative estimate of drug-likeness (QED) is 0.306. The molecule has 2 aromatic heterocycles. The topological polar surface area (TPSA) is 55.1 Å². The van der Waals surface area contributed by atoms with Gasteiger partial charge in [0.15, 0.2) is 11.6 Å². The van der Waals surface area contributed by atoms with Crippen LogP contribution in [0.3, 0.4) is 0 Å². The summed E-state index contributed by atoms with van der Waals surface area (Å²) in [6.07, 6.45) is -1.87. The summed E-state index contributed by atoms with van der Waals surface area (Å²) < 4.78 is 71.5. The number of rotatable bonds is 4. The lowest BCUT2D eigenvalue weighted by molar-refractivity contribution is 0.147. The predicted molar refractivity (Wildman–Crippen MR) is 117 cm³/mol. The molecule has 2 heterocycles. The Morgan fingerprint density at radius 3 is 2.56 bits per heavy atom. The normalized spacial score (nSPS) is 14.5. The molecule has 0 atom stereocenters. The zero-order chi connectivity index (χ0) is 24.2. The lowest BCUT2D eigenvalue weighted by Crippen LogP contribution is -2.08. The Hall–Kier alpha value is -3.74. The minimum atomic E-state index is -2.87. The van der Waals surface area contributed by atoms with Crippen LogP contribution in [0.4, 0.5) is 33.5 Å². The third-order valence-corrected chi connectivity index (χ3v) is 5.80. The van der Waals surface area contributed by atoms with E-state index in [1.54, 1.807) is 13.0 Å². The summed E-state index contributed by atoms with van der Waals surface area (Å²) in [5, 5.41) is 10.3. The molecule has 4 aromatic rings. The van der Waals surface area contributed by atoms with E-state index in [0.29, 0.717) is 11.4 Å². The van der Waals surface area contributed by atoms with E-state index in [9.17, 15) is 17.6 Å². The Kier molecular flexibility index (Phi) is 5.15. The van der Waals surface area contributed by atoms with Crippen LogP contribution >= 0.6 is 0 Å². The van der Waals surface area contributed by atoms with Crippen LogP contribution in [0.25, 0.3) is 16.7 Å². The minimum Gasteiger partial charge on any atom is -0.339 e. The fraction of sp³-hybridized carbons (Fsp3) is 0.292. The van der Waals surface area contributed by atoms with Gasteiger partial charge in [0.05, 0.1) is 10.9 Å². The summed E-state index contributed by atoms with van der Waals surface area (Å²) in [4.78, 5) is 4.23. The molecule has 1 N–H and O–H groups in total. The smallest absolute Gasteiger partial charge is 0.257 e. The van der Waals surface area contributed by atoms with E-state index in [-0.39, 0.29) is 33.6 Å². The standard InChI is InChI=1S/C24H18F5N5/c1-12-32-33-23-31-22(19-17(34(12)23)9-14(10-18(26)27)20(28)21(19)29)30-16-8-13(7-15(25)11-16)3-4-24(2)5-6-24/h7-9,11,18H,5-6,10H2,1-2H3,(H,30,31,33). The molecule has 2 aromatic carbocycles. The van der Waals surface area contributed by atoms with E-state index in [4.69, 9.17) is 0 Å². The highest BCUT2D eigenvalue weighted by molar-refractivity contribution is 5.94. The van der Waals surface area contributed by atoms with Gasteiger partial charge in [-0.15, -0.1) is 10.2 Å². The largest absolute Gasteiger partial charge is 0.339 e. The zero-order valence-corrected chi connectivity index (χ0v) is 18.2. The second-order valence-corrected chi connectivity index (χ2v) is 8.66. The first kappa shape index (κ1) is 22.1. The van der Waals surface area contributed by atoms with Gasteiger partial charge in [0, 0.05) is 23.1 Å². The van der Waals surface area contributed by atoms with Gasteiger partial charge in [0.1, 0.15) is 17.5 Å². The number of nitrogens with one attached hydrogen (secondary N) is 1. The first-order chi connectivity index (χ1) is 16.1. The maximum Gasteiger partial charge on any atom is 0.257 e. The van der Waals surface area contributed by atoms with Gasteiger partial charge < -0.3 is 5.32 Å². The van der Waals surface area contributed by atoms with Crippen molar-refractivity contribution in [3.05, 3.63) is 58.7 Å². The van der Waals surface area contributed by atoms with Crippen LogP contribution in [0, 0.1) is 41.6 Å². The number of hydrogen-bond donors (Lipinski definition) is 1. The number of benzene rings is 2. The molecule has 5 nitrogen and oxygen atoms in total. The van der Waals surface area contributed by atoms with Gasteiger partial charge in [-0.3, -0.25) is 4.40 Å². The molecule has 0 saturated heterocycles. The van der Waals surface area contributed by atoms with Gasteiger partial charge in [-0.25, -0.2) is 22.0 Å². The highest BCUT2D eigenvalue weighted by atomic mass is 19.3. The van der Waals surface area contributed by atoms with Crippen molar-refractivity contribution in [2.24, 2.45) is 5.41 Å². The van der Waals surface area contributed by atoms with Crippen molar-refractivity contribution in [2.45, 2.75) is 39.5 Å². The Morgan fingerprint density at radius 2 is 1.85 bits per heavy atom. The molecule has 0 aliphatic heterocycles. The molecular weight excluding hydrogens is 453 g/mol. The van der Waals surface area contributed by atoms with Gasteiger partial charge in [0.2, 0.25) is 6.43 Å². The maximum absolute atomic E-state index is 15.2. The fourth-order valence-corrected chi connectivity index (χ4v) is 3.74. The Bertz CT molecular complexity index is 1510. The molecular formula is C24H18F5N5. The van der Waals surface area contributed by atoms with Crippen molar-refractivity contribution in [3.8, 4) is 11.8 Å². The number of aromatic nitrogens is 4. The van der Waals surface area contributed by atoms with Crippen LogP contribution in [0.15, 0.2) is 24.3 Å². The van der Waals surface area contributed by atoms with Gasteiger partial charge in [-0.2, -0.15) is 4.98 Å². The number of alkyl halides is 2. The van der Waals surface area contributed by atoms with Crippen LogP contribution in [0.2, 0.25) is 0 Å². The lowest BCUT2D eigenvalue weighted by atomic mass is 10.1. The molecule has 174 valence electrons. The Balaban J connectivity index is 1.67. The number of anilines is 2. The zero-order valence-electron chi connectivity index (χ0n) is 18.2. The first-order valence-corrected chi connectivity index (χ1v) is 10.5. The van der Waals surface area contributed by atoms with Crippen LogP contribution in [0.5, 0.6) is 0 Å². The van der Waals surface area contributed by atoms with Crippen LogP contribution < -0.4 is 5.32 Å². The molecule has 1 aliphatic rings. The monoisotopic (exact) mass is 471 g/mol. The van der Waals surface area contributed by atoms with E-state index in [1.807, 2.05) is 6.92 Å². The molecule has 5 rings (SSSR count). The predicted octanol–water partition coefficient (Wildman–Crippen LogP) is 5.71. The summed E-state index contributed by atoms with van der Waals surface area (Å²) in [7, 11) is 0. The summed E-state index contributed by atoms with van der Waals surface area (Å²) in [6.45, 7) is 3.59. The molecule has 0 radical (unpaired) electrons. The molecule has 1 aliphatic carbocycles. The molecule has 1 fully saturated rings. The summed E-state index contributed by atoms with van der Waals surface area (Å²) in [5.74, 6) is 2.92. The van der Waals surface area contributed by atoms with E-state index >= 15 is 4.39 Å². The highest BCUT2D eigenvalue weighted by Crippen LogP contribution is 2.44. The van der Waals surface area contributed by atoms with Gasteiger partial charge >= 0.3 is 0 Å². The van der Waals surface area contributed by atoms with Crippen LogP contribution in [-0.2, 0) is 6.42 Å². The SMILES string of the molecule is Cc1nnc2nc(Nc3cc(F)cc(C#CC4(C)CC4)c3)c3c(F)c(F)c(CC(F)F)cc3n12. The van der Waals surface area contributed by atoms with Crippen molar-refractivity contribution in [1.29, 1.82) is 0 Å². The van der Waals surface area contributed by atoms with E-state index < -0.39 is 35.9 Å². The van der Waals surface area contributed by atoms with Crippen molar-refractivity contribution in [3.63, 3.8) is 0 Å². The number of aryl methyl sites for hydroxylation is 1. The van der Waals surface area contributed by atoms with Gasteiger partial charge in [-0.1, -0.05) is 11.8 Å². The minimum absolute atomic E-state index is 0.0413. The highest BCUT2D eigenvalue weighted by Gasteiger charge is 2.35. The Morgan fingerprint density at radius 1 is 1.09 bits per heavy atom. The van der Waals surface area contributed by atoms with Crippen LogP contribution in [0.1, 0.15) is 36.7 Å². The number of fused-ring (bicyclic) bond motifs is 3. The molecule has 0 unspecified atom stereocenters. The molecule has 0 amide bonds. The van der Waals surface area contributed by atoms with Crippen LogP contribution in [-0.4, -0.2) is 26.0 Å². The van der Waals surface area contributed by atoms with Gasteiger partial charge in [-0.05, 0) is 56.5 Å². The number of halogens is 5. The Labute approximate surface area is 191 Å². The second-order valence-electron chi connectivity index (χ2n) is 8.66. The average molecular weight is 471 g/mol. The fourth-order valence-electron chi connectivity index (χ4n) is 3.74. The molecule has 10 heteroatoms. The third-order valence-electron chi connectivity index (χ3n) is 5.80. The van der Waals surface area contributed by atoms with E-state index in [2.05, 4.69) is 32.3 Å². The third kappa shape index (κ3) is 4.02. The lowest BCUT2D eigenvalue weighted by Gasteiger charge is -2.14. The van der Waals surface area contributed by atoms with Crippen molar-refractivity contribution in [1.82, 2.24) is 19.6 Å². The van der Waals surface area contributed by atoms with E-state index in [0.717, 1.165) is 25.0 Å². The second kappa shape index (κ2) is 7.94. The average Bonchev–Trinajstić information content (AvgIpc) is 3.39. The maximum atomic E-state index is 15.2. The van der Waals surface area contributed by atoms with Crippen molar-refractivity contribution >= 4 is 28.2 Å². The van der Waals surface area contributed by atoms with Crippen molar-refractivity contribution < 1.29 is 22.0 Å². The van der Waals surface area contributed by atoms with E-state index in [1.165, 1.54) is 10.5 Å².